The number of hydrogen-bond donors (Lipinski definition) is 0. The van der Waals surface area contributed by atoms with Crippen LogP contribution in [0, 0.1) is 0 Å². The van der Waals surface area contributed by atoms with Crippen LogP contribution in [0.4, 0.5) is 0 Å². The van der Waals surface area contributed by atoms with Crippen LogP contribution in [0.2, 0.25) is 0 Å². The molecule has 3 heteroatoms. The maximum absolute atomic E-state index is 11.7. The summed E-state index contributed by atoms with van der Waals surface area (Å²) < 4.78 is 6.28. The van der Waals surface area contributed by atoms with Gasteiger partial charge in [0.05, 0.1) is 0 Å². The molecule has 0 aliphatic heterocycles. The van der Waals surface area contributed by atoms with E-state index in [9.17, 15) is 4.79 Å². The number of benzene rings is 1. The zero-order valence-corrected chi connectivity index (χ0v) is 11.1. The van der Waals surface area contributed by atoms with Gasteiger partial charge in [-0.25, -0.2) is 0 Å². The van der Waals surface area contributed by atoms with Crippen molar-refractivity contribution in [1.29, 1.82) is 0 Å². The zero-order valence-electron chi connectivity index (χ0n) is 8.70. The molecular formula is C11H15AsO2. The standard InChI is InChI=1S/C11H15AsO2/c1-11(2,3)14-10(13)8-6-4-5-7-9(8)12/h4-7H,12H2,1-3H3. The SMILES string of the molecule is CC(C)(C)OC(=O)c1ccccc1[AsH2]. The predicted octanol–water partition coefficient (Wildman–Crippen LogP) is 0.900. The Morgan fingerprint density at radius 1 is 1.29 bits per heavy atom. The van der Waals surface area contributed by atoms with Crippen molar-refractivity contribution in [3.63, 3.8) is 0 Å². The molecule has 0 heterocycles. The molecule has 76 valence electrons. The number of ether oxygens (including phenoxy) is 1. The third-order valence-corrected chi connectivity index (χ3v) is 2.64. The molecule has 0 amide bonds. The minimum atomic E-state index is -0.424. The Bertz CT molecular complexity index is 339. The number of carbonyl (C=O) groups is 1. The maximum atomic E-state index is 11.7. The Hall–Kier alpha value is -0.752. The first-order chi connectivity index (χ1) is 6.40. The van der Waals surface area contributed by atoms with E-state index >= 15 is 0 Å². The van der Waals surface area contributed by atoms with Crippen molar-refractivity contribution >= 4 is 27.2 Å². The molecule has 1 rings (SSSR count). The van der Waals surface area contributed by atoms with Crippen LogP contribution < -0.4 is 4.35 Å². The van der Waals surface area contributed by atoms with E-state index in [1.165, 1.54) is 16.9 Å². The quantitative estimate of drug-likeness (QED) is 0.550. The first-order valence-corrected chi connectivity index (χ1v) is 5.69. The van der Waals surface area contributed by atoms with Crippen LogP contribution in [0.25, 0.3) is 0 Å². The summed E-state index contributed by atoms with van der Waals surface area (Å²) >= 11 is 1.43. The molecule has 0 N–H and O–H groups in total. The topological polar surface area (TPSA) is 26.3 Å². The van der Waals surface area contributed by atoms with Gasteiger partial charge in [-0.3, -0.25) is 0 Å². The first kappa shape index (κ1) is 11.3. The third kappa shape index (κ3) is 3.19. The summed E-state index contributed by atoms with van der Waals surface area (Å²) in [5.74, 6) is -0.238. The Morgan fingerprint density at radius 2 is 1.86 bits per heavy atom. The predicted molar refractivity (Wildman–Crippen MR) is 59.8 cm³/mol. The average Bonchev–Trinajstić information content (AvgIpc) is 2.01. The zero-order chi connectivity index (χ0) is 10.8. The molecule has 0 aliphatic carbocycles. The van der Waals surface area contributed by atoms with Gasteiger partial charge >= 0.3 is 92.9 Å². The Balaban J connectivity index is 2.86. The molecule has 0 spiro atoms. The van der Waals surface area contributed by atoms with E-state index in [1.54, 1.807) is 6.07 Å². The molecule has 14 heavy (non-hydrogen) atoms. The Kier molecular flexibility index (Phi) is 3.38. The van der Waals surface area contributed by atoms with Crippen molar-refractivity contribution in [1.82, 2.24) is 0 Å². The van der Waals surface area contributed by atoms with E-state index in [0.717, 1.165) is 4.35 Å². The fourth-order valence-electron chi connectivity index (χ4n) is 1.02. The molecule has 0 saturated heterocycles. The van der Waals surface area contributed by atoms with Crippen LogP contribution in [0.15, 0.2) is 24.3 Å². The Morgan fingerprint density at radius 3 is 2.36 bits per heavy atom. The van der Waals surface area contributed by atoms with Gasteiger partial charge in [0.1, 0.15) is 0 Å². The normalized spacial score (nSPS) is 11.1. The first-order valence-electron chi connectivity index (χ1n) is 4.48. The molecule has 1 aromatic carbocycles. The number of hydrogen-bond acceptors (Lipinski definition) is 2. The van der Waals surface area contributed by atoms with Gasteiger partial charge in [-0.1, -0.05) is 0 Å². The van der Waals surface area contributed by atoms with E-state index in [-0.39, 0.29) is 5.97 Å². The molecule has 0 bridgehead atoms. The molecule has 1 unspecified atom stereocenters. The number of rotatable bonds is 1. The van der Waals surface area contributed by atoms with Crippen molar-refractivity contribution in [2.45, 2.75) is 26.4 Å². The summed E-state index contributed by atoms with van der Waals surface area (Å²) in [5, 5.41) is 0. The van der Waals surface area contributed by atoms with Gasteiger partial charge in [0.25, 0.3) is 0 Å². The van der Waals surface area contributed by atoms with Crippen LogP contribution in [0.3, 0.4) is 0 Å². The van der Waals surface area contributed by atoms with Gasteiger partial charge in [0.15, 0.2) is 0 Å². The van der Waals surface area contributed by atoms with Crippen molar-refractivity contribution in [2.75, 3.05) is 0 Å². The summed E-state index contributed by atoms with van der Waals surface area (Å²) in [6.07, 6.45) is 0. The minimum absolute atomic E-state index is 0.238. The molecule has 0 fully saturated rings. The molecule has 2 nitrogen and oxygen atoms in total. The monoisotopic (exact) mass is 254 g/mol. The fraction of sp³-hybridized carbons (Fsp3) is 0.364. The number of carbonyl (C=O) groups excluding carboxylic acids is 1. The molecule has 1 atom stereocenters. The van der Waals surface area contributed by atoms with Crippen LogP contribution in [0.1, 0.15) is 31.1 Å². The van der Waals surface area contributed by atoms with E-state index in [1.807, 2.05) is 39.0 Å². The second kappa shape index (κ2) is 4.18. The van der Waals surface area contributed by atoms with Crippen molar-refractivity contribution in [3.8, 4) is 0 Å². The second-order valence-electron chi connectivity index (χ2n) is 4.09. The fourth-order valence-corrected chi connectivity index (χ4v) is 1.70. The van der Waals surface area contributed by atoms with Crippen LogP contribution in [-0.4, -0.2) is 28.4 Å². The van der Waals surface area contributed by atoms with E-state index < -0.39 is 5.60 Å². The summed E-state index contributed by atoms with van der Waals surface area (Å²) in [5.41, 5.74) is 0.245. The summed E-state index contributed by atoms with van der Waals surface area (Å²) in [4.78, 5) is 11.7. The van der Waals surface area contributed by atoms with Gasteiger partial charge in [0, 0.05) is 0 Å². The van der Waals surface area contributed by atoms with Crippen LogP contribution >= 0.6 is 0 Å². The van der Waals surface area contributed by atoms with E-state index in [2.05, 4.69) is 0 Å². The third-order valence-electron chi connectivity index (χ3n) is 1.58. The van der Waals surface area contributed by atoms with Crippen molar-refractivity contribution < 1.29 is 9.53 Å². The molecule has 1 aromatic rings. The van der Waals surface area contributed by atoms with Gasteiger partial charge in [-0.2, -0.15) is 0 Å². The van der Waals surface area contributed by atoms with Crippen molar-refractivity contribution in [2.24, 2.45) is 0 Å². The van der Waals surface area contributed by atoms with E-state index in [4.69, 9.17) is 4.74 Å². The molecule has 0 radical (unpaired) electrons. The van der Waals surface area contributed by atoms with Crippen LogP contribution in [0.5, 0.6) is 0 Å². The van der Waals surface area contributed by atoms with Crippen molar-refractivity contribution in [3.05, 3.63) is 29.8 Å². The molecular weight excluding hydrogens is 239 g/mol. The van der Waals surface area contributed by atoms with E-state index in [0.29, 0.717) is 5.56 Å². The molecule has 0 aliphatic rings. The summed E-state index contributed by atoms with van der Waals surface area (Å²) in [6.45, 7) is 5.61. The van der Waals surface area contributed by atoms with Crippen LogP contribution in [-0.2, 0) is 4.74 Å². The second-order valence-corrected chi connectivity index (χ2v) is 5.39. The average molecular weight is 254 g/mol. The summed E-state index contributed by atoms with van der Waals surface area (Å²) in [7, 11) is 0. The van der Waals surface area contributed by atoms with Gasteiger partial charge in [-0.15, -0.1) is 0 Å². The molecule has 0 saturated carbocycles. The summed E-state index contributed by atoms with van der Waals surface area (Å²) in [6, 6.07) is 7.50. The Labute approximate surface area is 93.2 Å². The van der Waals surface area contributed by atoms with Gasteiger partial charge < -0.3 is 0 Å². The number of esters is 1. The van der Waals surface area contributed by atoms with Gasteiger partial charge in [-0.05, 0) is 0 Å². The molecule has 0 aromatic heterocycles. The van der Waals surface area contributed by atoms with Gasteiger partial charge in [0.2, 0.25) is 0 Å².